The summed E-state index contributed by atoms with van der Waals surface area (Å²) in [6, 6.07) is 17.1. The fourth-order valence-corrected chi connectivity index (χ4v) is 5.71. The Morgan fingerprint density at radius 1 is 1.06 bits per heavy atom. The van der Waals surface area contributed by atoms with Crippen LogP contribution in [-0.2, 0) is 4.79 Å². The fraction of sp³-hybridized carbons (Fsp3) is 0.185. The van der Waals surface area contributed by atoms with E-state index in [1.807, 2.05) is 17.6 Å². The van der Waals surface area contributed by atoms with Crippen LogP contribution < -0.4 is 0 Å². The maximum atomic E-state index is 10.9. The van der Waals surface area contributed by atoms with Gasteiger partial charge in [-0.15, -0.1) is 22.7 Å². The SMILES string of the molecule is Cc1sccc1C(=C(c1ccc(C=CC(=O)O)cc1)c1ccc2scnc2c1)C1CCC1. The molecular weight excluding hydrogens is 434 g/mol. The molecule has 5 heteroatoms. The molecule has 0 spiro atoms. The molecule has 0 amide bonds. The van der Waals surface area contributed by atoms with Crippen molar-refractivity contribution >= 4 is 56.1 Å². The zero-order valence-electron chi connectivity index (χ0n) is 17.7. The van der Waals surface area contributed by atoms with Crippen molar-refractivity contribution in [3.8, 4) is 0 Å². The number of aryl methyl sites for hydroxylation is 1. The van der Waals surface area contributed by atoms with Crippen LogP contribution in [0.25, 0.3) is 27.4 Å². The van der Waals surface area contributed by atoms with E-state index in [1.54, 1.807) is 28.7 Å². The minimum absolute atomic E-state index is 0.552. The standard InChI is InChI=1S/C27H23NO2S2/c1-17-22(13-14-31-17)27(19-3-2-4-19)26(21-10-11-24-23(15-21)28-16-32-24)20-8-5-18(6-9-20)7-12-25(29)30/h5-16,19H,2-4H2,1H3,(H,29,30). The molecule has 2 heterocycles. The predicted molar refractivity (Wildman–Crippen MR) is 135 cm³/mol. The van der Waals surface area contributed by atoms with E-state index in [0.717, 1.165) is 16.6 Å². The number of carboxylic acid groups (broad SMARTS) is 1. The van der Waals surface area contributed by atoms with Gasteiger partial charge < -0.3 is 5.11 Å². The van der Waals surface area contributed by atoms with E-state index >= 15 is 0 Å². The largest absolute Gasteiger partial charge is 0.478 e. The Bertz CT molecular complexity index is 1340. The molecule has 32 heavy (non-hydrogen) atoms. The minimum Gasteiger partial charge on any atom is -0.478 e. The summed E-state index contributed by atoms with van der Waals surface area (Å²) in [7, 11) is 0. The number of hydrogen-bond acceptors (Lipinski definition) is 4. The molecule has 1 aliphatic carbocycles. The van der Waals surface area contributed by atoms with Crippen molar-refractivity contribution in [1.29, 1.82) is 0 Å². The summed E-state index contributed by atoms with van der Waals surface area (Å²) in [6.45, 7) is 2.21. The lowest BCUT2D eigenvalue weighted by atomic mass is 9.73. The maximum Gasteiger partial charge on any atom is 0.328 e. The highest BCUT2D eigenvalue weighted by atomic mass is 32.1. The third-order valence-electron chi connectivity index (χ3n) is 6.17. The van der Waals surface area contributed by atoms with Gasteiger partial charge in [-0.2, -0.15) is 0 Å². The summed E-state index contributed by atoms with van der Waals surface area (Å²) in [5.41, 5.74) is 10.2. The maximum absolute atomic E-state index is 10.9. The molecule has 0 unspecified atom stereocenters. The molecule has 0 bridgehead atoms. The second kappa shape index (κ2) is 8.85. The quantitative estimate of drug-likeness (QED) is 0.305. The van der Waals surface area contributed by atoms with Crippen LogP contribution in [0.5, 0.6) is 0 Å². The average Bonchev–Trinajstić information content (AvgIpc) is 3.39. The first-order valence-corrected chi connectivity index (χ1v) is 12.5. The van der Waals surface area contributed by atoms with Crippen molar-refractivity contribution < 1.29 is 9.90 Å². The molecule has 1 aliphatic rings. The average molecular weight is 458 g/mol. The lowest BCUT2D eigenvalue weighted by Gasteiger charge is -2.31. The Morgan fingerprint density at radius 2 is 1.84 bits per heavy atom. The Hall–Kier alpha value is -3.02. The summed E-state index contributed by atoms with van der Waals surface area (Å²) in [6.07, 6.45) is 6.51. The highest BCUT2D eigenvalue weighted by molar-refractivity contribution is 7.16. The van der Waals surface area contributed by atoms with Crippen LogP contribution in [0.1, 0.15) is 46.4 Å². The van der Waals surface area contributed by atoms with Crippen molar-refractivity contribution in [2.24, 2.45) is 5.92 Å². The van der Waals surface area contributed by atoms with Gasteiger partial charge in [-0.05, 0) is 88.7 Å². The van der Waals surface area contributed by atoms with E-state index in [9.17, 15) is 4.79 Å². The number of benzene rings is 2. The van der Waals surface area contributed by atoms with Gasteiger partial charge >= 0.3 is 5.97 Å². The Labute approximate surface area is 195 Å². The van der Waals surface area contributed by atoms with Crippen molar-refractivity contribution in [1.82, 2.24) is 4.98 Å². The molecule has 1 saturated carbocycles. The molecule has 0 saturated heterocycles. The van der Waals surface area contributed by atoms with Crippen molar-refractivity contribution in [2.45, 2.75) is 26.2 Å². The van der Waals surface area contributed by atoms with Gasteiger partial charge in [0.1, 0.15) is 0 Å². The summed E-state index contributed by atoms with van der Waals surface area (Å²) in [5.74, 6) is -0.387. The Balaban J connectivity index is 1.72. The highest BCUT2D eigenvalue weighted by Crippen LogP contribution is 2.46. The normalized spacial score (nSPS) is 15.2. The molecule has 160 valence electrons. The van der Waals surface area contributed by atoms with E-state index in [1.165, 1.54) is 57.2 Å². The first-order valence-electron chi connectivity index (χ1n) is 10.7. The van der Waals surface area contributed by atoms with Crippen molar-refractivity contribution in [3.63, 3.8) is 0 Å². The van der Waals surface area contributed by atoms with E-state index < -0.39 is 5.97 Å². The minimum atomic E-state index is -0.938. The number of carboxylic acids is 1. The molecule has 0 radical (unpaired) electrons. The van der Waals surface area contributed by atoms with Gasteiger partial charge in [-0.3, -0.25) is 0 Å². The van der Waals surface area contributed by atoms with Gasteiger partial charge in [0.05, 0.1) is 15.7 Å². The summed E-state index contributed by atoms with van der Waals surface area (Å²) in [5, 5.41) is 11.1. The lowest BCUT2D eigenvalue weighted by Crippen LogP contribution is -2.15. The summed E-state index contributed by atoms with van der Waals surface area (Å²) in [4.78, 5) is 16.8. The van der Waals surface area contributed by atoms with E-state index in [2.05, 4.69) is 53.7 Å². The third kappa shape index (κ3) is 4.06. The Kier molecular flexibility index (Phi) is 5.77. The molecule has 1 N–H and O–H groups in total. The fourth-order valence-electron chi connectivity index (χ4n) is 4.34. The number of aliphatic carboxylic acids is 1. The van der Waals surface area contributed by atoms with Crippen LogP contribution in [0.4, 0.5) is 0 Å². The van der Waals surface area contributed by atoms with Gasteiger partial charge in [0.25, 0.3) is 0 Å². The molecule has 3 nitrogen and oxygen atoms in total. The van der Waals surface area contributed by atoms with Crippen LogP contribution in [0, 0.1) is 12.8 Å². The molecule has 2 aromatic carbocycles. The van der Waals surface area contributed by atoms with Crippen LogP contribution in [0.3, 0.4) is 0 Å². The molecule has 5 rings (SSSR count). The monoisotopic (exact) mass is 457 g/mol. The van der Waals surface area contributed by atoms with Gasteiger partial charge in [0, 0.05) is 11.0 Å². The summed E-state index contributed by atoms with van der Waals surface area (Å²) < 4.78 is 1.19. The van der Waals surface area contributed by atoms with Crippen LogP contribution in [0.2, 0.25) is 0 Å². The third-order valence-corrected chi connectivity index (χ3v) is 7.82. The van der Waals surface area contributed by atoms with Crippen LogP contribution >= 0.6 is 22.7 Å². The topological polar surface area (TPSA) is 50.2 Å². The predicted octanol–water partition coefficient (Wildman–Crippen LogP) is 7.52. The van der Waals surface area contributed by atoms with Gasteiger partial charge in [0.15, 0.2) is 0 Å². The van der Waals surface area contributed by atoms with E-state index in [0.29, 0.717) is 5.92 Å². The van der Waals surface area contributed by atoms with Gasteiger partial charge in [0.2, 0.25) is 0 Å². The molecular formula is C27H23NO2S2. The molecule has 1 fully saturated rings. The second-order valence-corrected chi connectivity index (χ2v) is 10.1. The first kappa shape index (κ1) is 20.9. The smallest absolute Gasteiger partial charge is 0.328 e. The van der Waals surface area contributed by atoms with E-state index in [-0.39, 0.29) is 0 Å². The number of thiophene rings is 1. The van der Waals surface area contributed by atoms with Gasteiger partial charge in [-0.1, -0.05) is 36.8 Å². The van der Waals surface area contributed by atoms with Crippen LogP contribution in [-0.4, -0.2) is 16.1 Å². The number of rotatable bonds is 6. The first-order chi connectivity index (χ1) is 15.6. The number of allylic oxidation sites excluding steroid dienone is 1. The lowest BCUT2D eigenvalue weighted by molar-refractivity contribution is -0.131. The number of aromatic nitrogens is 1. The zero-order valence-corrected chi connectivity index (χ0v) is 19.4. The number of hydrogen-bond donors (Lipinski definition) is 1. The molecule has 2 aromatic heterocycles. The molecule has 4 aromatic rings. The Morgan fingerprint density at radius 3 is 2.50 bits per heavy atom. The molecule has 0 aliphatic heterocycles. The van der Waals surface area contributed by atoms with Crippen molar-refractivity contribution in [2.75, 3.05) is 0 Å². The number of fused-ring (bicyclic) bond motifs is 1. The zero-order chi connectivity index (χ0) is 22.1. The van der Waals surface area contributed by atoms with Gasteiger partial charge in [-0.25, -0.2) is 9.78 Å². The highest BCUT2D eigenvalue weighted by Gasteiger charge is 2.28. The number of thiazole rings is 1. The summed E-state index contributed by atoms with van der Waals surface area (Å²) >= 11 is 3.46. The van der Waals surface area contributed by atoms with E-state index in [4.69, 9.17) is 5.11 Å². The molecule has 0 atom stereocenters. The van der Waals surface area contributed by atoms with Crippen molar-refractivity contribution in [3.05, 3.63) is 92.6 Å². The van der Waals surface area contributed by atoms with Crippen LogP contribution in [0.15, 0.2) is 65.5 Å². The number of carbonyl (C=O) groups is 1. The number of nitrogens with zero attached hydrogens (tertiary/aromatic N) is 1. The second-order valence-electron chi connectivity index (χ2n) is 8.14.